The number of rotatable bonds is 5. The smallest absolute Gasteiger partial charge is 0.320 e. The molecule has 2 aliphatic rings. The van der Waals surface area contributed by atoms with Crippen LogP contribution in [0.25, 0.3) is 0 Å². The lowest BCUT2D eigenvalue weighted by Gasteiger charge is -2.40. The minimum Gasteiger partial charge on any atom is -0.378 e. The van der Waals surface area contributed by atoms with Gasteiger partial charge in [0.25, 0.3) is 0 Å². The van der Waals surface area contributed by atoms with Gasteiger partial charge < -0.3 is 19.1 Å². The van der Waals surface area contributed by atoms with Crippen molar-refractivity contribution in [3.05, 3.63) is 81.7 Å². The molecule has 36 heavy (non-hydrogen) atoms. The van der Waals surface area contributed by atoms with Gasteiger partial charge in [0.05, 0.1) is 19.1 Å². The Hall–Kier alpha value is -2.97. The Balaban J connectivity index is 1.37. The summed E-state index contributed by atoms with van der Waals surface area (Å²) in [5.74, 6) is 0.672. The third-order valence-electron chi connectivity index (χ3n) is 7.06. The number of nitrogens with zero attached hydrogens (tertiary/aromatic N) is 4. The third kappa shape index (κ3) is 5.55. The molecule has 0 spiro atoms. The topological polar surface area (TPSA) is 71.7 Å². The zero-order valence-corrected chi connectivity index (χ0v) is 21.1. The minimum absolute atomic E-state index is 0.0241. The molecular formula is C27H30ClFN4O3. The van der Waals surface area contributed by atoms with Crippen LogP contribution in [0, 0.1) is 5.82 Å². The second-order valence-electron chi connectivity index (χ2n) is 9.47. The van der Waals surface area contributed by atoms with Crippen molar-refractivity contribution in [1.29, 1.82) is 0 Å². The summed E-state index contributed by atoms with van der Waals surface area (Å²) in [5.41, 5.74) is 3.22. The van der Waals surface area contributed by atoms with E-state index in [1.54, 1.807) is 6.07 Å². The van der Waals surface area contributed by atoms with Crippen LogP contribution >= 0.6 is 11.6 Å². The van der Waals surface area contributed by atoms with Crippen molar-refractivity contribution in [1.82, 2.24) is 19.9 Å². The second kappa shape index (κ2) is 11.0. The highest BCUT2D eigenvalue weighted by atomic mass is 35.5. The SMILES string of the molecule is CCc1ccc(C2CC(c3nc(Cc4ccc(F)cc4Cl)no3)CN(C(=O)N3CCOCC3)C2)cc1. The first-order valence-corrected chi connectivity index (χ1v) is 12.8. The van der Waals surface area contributed by atoms with Gasteiger partial charge in [-0.3, -0.25) is 0 Å². The first-order valence-electron chi connectivity index (χ1n) is 12.5. The normalized spacial score (nSPS) is 20.5. The van der Waals surface area contributed by atoms with Crippen LogP contribution in [0.4, 0.5) is 9.18 Å². The first kappa shape index (κ1) is 24.7. The monoisotopic (exact) mass is 512 g/mol. The maximum Gasteiger partial charge on any atom is 0.320 e. The molecular weight excluding hydrogens is 483 g/mol. The van der Waals surface area contributed by atoms with Crippen LogP contribution in [-0.2, 0) is 17.6 Å². The number of carbonyl (C=O) groups is 1. The molecule has 0 radical (unpaired) electrons. The zero-order chi connectivity index (χ0) is 25.1. The molecule has 3 aromatic rings. The van der Waals surface area contributed by atoms with Crippen molar-refractivity contribution in [2.45, 2.75) is 38.0 Å². The summed E-state index contributed by atoms with van der Waals surface area (Å²) >= 11 is 6.19. The molecule has 2 amide bonds. The molecule has 1 aromatic heterocycles. The van der Waals surface area contributed by atoms with E-state index in [1.165, 1.54) is 23.3 Å². The molecule has 0 aliphatic carbocycles. The van der Waals surface area contributed by atoms with E-state index in [0.717, 1.165) is 18.4 Å². The van der Waals surface area contributed by atoms with Crippen LogP contribution in [-0.4, -0.2) is 65.4 Å². The number of morpholine rings is 1. The molecule has 0 bridgehead atoms. The summed E-state index contributed by atoms with van der Waals surface area (Å²) in [6, 6.07) is 12.9. The van der Waals surface area contributed by atoms with E-state index < -0.39 is 0 Å². The van der Waals surface area contributed by atoms with Gasteiger partial charge >= 0.3 is 6.03 Å². The highest BCUT2D eigenvalue weighted by Crippen LogP contribution is 2.36. The summed E-state index contributed by atoms with van der Waals surface area (Å²) in [6.07, 6.45) is 2.13. The fourth-order valence-corrected chi connectivity index (χ4v) is 5.23. The van der Waals surface area contributed by atoms with Crippen LogP contribution in [0.1, 0.15) is 53.6 Å². The molecule has 2 atom stereocenters. The maximum atomic E-state index is 13.4. The Bertz CT molecular complexity index is 1200. The van der Waals surface area contributed by atoms with Crippen LogP contribution in [0.5, 0.6) is 0 Å². The lowest BCUT2D eigenvalue weighted by molar-refractivity contribution is 0.0392. The van der Waals surface area contributed by atoms with Gasteiger partial charge in [0.2, 0.25) is 5.89 Å². The van der Waals surface area contributed by atoms with Gasteiger partial charge in [-0.2, -0.15) is 4.98 Å². The Morgan fingerprint density at radius 1 is 1.08 bits per heavy atom. The Labute approximate surface area is 215 Å². The number of aromatic nitrogens is 2. The highest BCUT2D eigenvalue weighted by molar-refractivity contribution is 6.31. The number of urea groups is 1. The molecule has 7 nitrogen and oxygen atoms in total. The van der Waals surface area contributed by atoms with Crippen molar-refractivity contribution in [2.75, 3.05) is 39.4 Å². The molecule has 2 saturated heterocycles. The van der Waals surface area contributed by atoms with E-state index in [4.69, 9.17) is 20.9 Å². The van der Waals surface area contributed by atoms with E-state index in [1.807, 2.05) is 9.80 Å². The number of amides is 2. The number of carbonyl (C=O) groups excluding carboxylic acids is 1. The van der Waals surface area contributed by atoms with E-state index in [0.29, 0.717) is 62.6 Å². The van der Waals surface area contributed by atoms with E-state index in [9.17, 15) is 9.18 Å². The Kier molecular flexibility index (Phi) is 7.53. The third-order valence-corrected chi connectivity index (χ3v) is 7.41. The standard InChI is InChI=1S/C27H30ClFN4O3/c1-2-18-3-5-19(6-4-18)21-13-22(17-33(16-21)27(34)32-9-11-35-12-10-32)26-30-25(31-36-26)14-20-7-8-23(29)15-24(20)28/h3-8,15,21-22H,2,9-14,16-17H2,1H3. The number of likely N-dealkylation sites (tertiary alicyclic amines) is 1. The summed E-state index contributed by atoms with van der Waals surface area (Å²) in [6.45, 7) is 5.61. The zero-order valence-electron chi connectivity index (χ0n) is 20.3. The lowest BCUT2D eigenvalue weighted by atomic mass is 9.84. The predicted octanol–water partition coefficient (Wildman–Crippen LogP) is 5.04. The largest absolute Gasteiger partial charge is 0.378 e. The molecule has 2 aromatic carbocycles. The molecule has 3 heterocycles. The van der Waals surface area contributed by atoms with Crippen molar-refractivity contribution >= 4 is 17.6 Å². The number of piperidine rings is 1. The molecule has 9 heteroatoms. The van der Waals surface area contributed by atoms with Gasteiger partial charge in [-0.15, -0.1) is 0 Å². The van der Waals surface area contributed by atoms with E-state index in [-0.39, 0.29) is 23.7 Å². The summed E-state index contributed by atoms with van der Waals surface area (Å²) < 4.78 is 24.5. The molecule has 190 valence electrons. The van der Waals surface area contributed by atoms with E-state index in [2.05, 4.69) is 41.3 Å². The summed E-state index contributed by atoms with van der Waals surface area (Å²) in [4.78, 5) is 21.8. The van der Waals surface area contributed by atoms with Crippen LogP contribution in [0.2, 0.25) is 5.02 Å². The number of hydrogen-bond donors (Lipinski definition) is 0. The van der Waals surface area contributed by atoms with Gasteiger partial charge in [-0.1, -0.05) is 54.0 Å². The van der Waals surface area contributed by atoms with Gasteiger partial charge in [-0.25, -0.2) is 9.18 Å². The second-order valence-corrected chi connectivity index (χ2v) is 9.88. The lowest BCUT2D eigenvalue weighted by Crippen LogP contribution is -2.52. The van der Waals surface area contributed by atoms with Crippen LogP contribution in [0.15, 0.2) is 47.0 Å². The van der Waals surface area contributed by atoms with Crippen molar-refractivity contribution in [3.63, 3.8) is 0 Å². The number of hydrogen-bond acceptors (Lipinski definition) is 5. The van der Waals surface area contributed by atoms with Crippen molar-refractivity contribution in [2.24, 2.45) is 0 Å². The number of ether oxygens (including phenoxy) is 1. The minimum atomic E-state index is -0.386. The van der Waals surface area contributed by atoms with E-state index >= 15 is 0 Å². The van der Waals surface area contributed by atoms with Crippen molar-refractivity contribution < 1.29 is 18.4 Å². The Morgan fingerprint density at radius 3 is 2.56 bits per heavy atom. The van der Waals surface area contributed by atoms with Gasteiger partial charge in [0.1, 0.15) is 5.82 Å². The fourth-order valence-electron chi connectivity index (χ4n) is 5.00. The predicted molar refractivity (Wildman–Crippen MR) is 134 cm³/mol. The molecule has 2 fully saturated rings. The Morgan fingerprint density at radius 2 is 1.83 bits per heavy atom. The molecule has 0 N–H and O–H groups in total. The quantitative estimate of drug-likeness (QED) is 0.479. The average Bonchev–Trinajstić information content (AvgIpc) is 3.39. The molecule has 2 aliphatic heterocycles. The van der Waals surface area contributed by atoms with Gasteiger partial charge in [0.15, 0.2) is 5.82 Å². The van der Waals surface area contributed by atoms with Gasteiger partial charge in [0, 0.05) is 43.5 Å². The number of benzene rings is 2. The average molecular weight is 513 g/mol. The fraction of sp³-hybridized carbons (Fsp3) is 0.444. The van der Waals surface area contributed by atoms with Crippen LogP contribution in [0.3, 0.4) is 0 Å². The summed E-state index contributed by atoms with van der Waals surface area (Å²) in [7, 11) is 0. The maximum absolute atomic E-state index is 13.4. The number of halogens is 2. The van der Waals surface area contributed by atoms with Crippen LogP contribution < -0.4 is 0 Å². The molecule has 2 unspecified atom stereocenters. The first-order chi connectivity index (χ1) is 17.5. The molecule has 5 rings (SSSR count). The number of aryl methyl sites for hydroxylation is 1. The summed E-state index contributed by atoms with van der Waals surface area (Å²) in [5, 5.41) is 4.49. The van der Waals surface area contributed by atoms with Crippen molar-refractivity contribution in [3.8, 4) is 0 Å². The highest BCUT2D eigenvalue weighted by Gasteiger charge is 2.36. The molecule has 0 saturated carbocycles. The van der Waals surface area contributed by atoms with Gasteiger partial charge in [-0.05, 0) is 41.7 Å².